The third kappa shape index (κ3) is 5.84. The second-order valence-corrected chi connectivity index (χ2v) is 9.02. The highest BCUT2D eigenvalue weighted by atomic mass is 35.5. The molecule has 0 atom stereocenters. The van der Waals surface area contributed by atoms with Gasteiger partial charge in [0.1, 0.15) is 0 Å². The molecule has 0 aliphatic carbocycles. The van der Waals surface area contributed by atoms with E-state index in [2.05, 4.69) is 5.32 Å². The van der Waals surface area contributed by atoms with Gasteiger partial charge in [-0.25, -0.2) is 8.42 Å². The Morgan fingerprint density at radius 3 is 2.38 bits per heavy atom. The number of carbonyl (C=O) groups is 1. The number of sulfone groups is 1. The van der Waals surface area contributed by atoms with Crippen molar-refractivity contribution in [1.29, 1.82) is 0 Å². The van der Waals surface area contributed by atoms with Crippen molar-refractivity contribution in [1.82, 2.24) is 0 Å². The Kier molecular flexibility index (Phi) is 7.28. The number of amides is 1. The molecule has 0 aliphatic rings. The standard InChI is InChI=1S/C16H13Cl2F2NO3S2/c17-10-4-6-11(7-5-10)26(23,24)9-8-14(22)21-13-3-1-2-12(18)15(13)25-16(19)20/h1-7,16H,8-9H2,(H,21,22). The van der Waals surface area contributed by atoms with Crippen LogP contribution in [-0.4, -0.2) is 25.8 Å². The molecule has 0 bridgehead atoms. The maximum atomic E-state index is 12.6. The zero-order valence-electron chi connectivity index (χ0n) is 13.1. The molecule has 0 aromatic heterocycles. The van der Waals surface area contributed by atoms with E-state index in [9.17, 15) is 22.0 Å². The van der Waals surface area contributed by atoms with Crippen molar-refractivity contribution in [3.05, 3.63) is 52.5 Å². The summed E-state index contributed by atoms with van der Waals surface area (Å²) in [6, 6.07) is 9.92. The van der Waals surface area contributed by atoms with E-state index in [1.165, 1.54) is 42.5 Å². The fourth-order valence-corrected chi connectivity index (χ4v) is 4.30. The van der Waals surface area contributed by atoms with Crippen molar-refractivity contribution in [3.63, 3.8) is 0 Å². The minimum absolute atomic E-state index is 0.0260. The normalized spacial score (nSPS) is 11.6. The van der Waals surface area contributed by atoms with Crippen LogP contribution < -0.4 is 5.32 Å². The zero-order valence-corrected chi connectivity index (χ0v) is 16.2. The topological polar surface area (TPSA) is 63.2 Å². The smallest absolute Gasteiger partial charge is 0.289 e. The molecule has 4 nitrogen and oxygen atoms in total. The van der Waals surface area contributed by atoms with Crippen LogP contribution in [0.2, 0.25) is 10.0 Å². The van der Waals surface area contributed by atoms with Crippen LogP contribution in [-0.2, 0) is 14.6 Å². The third-order valence-electron chi connectivity index (χ3n) is 3.22. The highest BCUT2D eigenvalue weighted by molar-refractivity contribution is 7.99. The number of nitrogens with one attached hydrogen (secondary N) is 1. The summed E-state index contributed by atoms with van der Waals surface area (Å²) >= 11 is 11.8. The average Bonchev–Trinajstić information content (AvgIpc) is 2.56. The molecule has 1 amide bonds. The number of hydrogen-bond acceptors (Lipinski definition) is 4. The maximum Gasteiger partial charge on any atom is 0.289 e. The predicted octanol–water partition coefficient (Wildman–Crippen LogP) is 5.11. The molecule has 10 heteroatoms. The summed E-state index contributed by atoms with van der Waals surface area (Å²) in [5, 5.41) is 2.89. The third-order valence-corrected chi connectivity index (χ3v) is 6.48. The quantitative estimate of drug-likeness (QED) is 0.608. The van der Waals surface area contributed by atoms with Crippen molar-refractivity contribution in [2.45, 2.75) is 22.0 Å². The molecule has 0 spiro atoms. The van der Waals surface area contributed by atoms with Crippen LogP contribution in [0.25, 0.3) is 0 Å². The van der Waals surface area contributed by atoms with Gasteiger partial charge >= 0.3 is 0 Å². The number of hydrogen-bond donors (Lipinski definition) is 1. The molecular weight excluding hydrogens is 427 g/mol. The second kappa shape index (κ2) is 9.03. The Morgan fingerprint density at radius 1 is 1.12 bits per heavy atom. The minimum Gasteiger partial charge on any atom is -0.325 e. The van der Waals surface area contributed by atoms with Gasteiger partial charge in [0.25, 0.3) is 5.76 Å². The van der Waals surface area contributed by atoms with Gasteiger partial charge < -0.3 is 5.32 Å². The van der Waals surface area contributed by atoms with Gasteiger partial charge in [-0.2, -0.15) is 8.78 Å². The van der Waals surface area contributed by atoms with Crippen molar-refractivity contribution in [3.8, 4) is 0 Å². The van der Waals surface area contributed by atoms with E-state index < -0.39 is 27.3 Å². The van der Waals surface area contributed by atoms with Crippen molar-refractivity contribution in [2.24, 2.45) is 0 Å². The predicted molar refractivity (Wildman–Crippen MR) is 100 cm³/mol. The maximum absolute atomic E-state index is 12.6. The Morgan fingerprint density at radius 2 is 1.77 bits per heavy atom. The first-order valence-electron chi connectivity index (χ1n) is 7.20. The molecule has 0 aliphatic heterocycles. The number of thioether (sulfide) groups is 1. The fraction of sp³-hybridized carbons (Fsp3) is 0.188. The summed E-state index contributed by atoms with van der Waals surface area (Å²) < 4.78 is 49.7. The van der Waals surface area contributed by atoms with Crippen LogP contribution in [0.1, 0.15) is 6.42 Å². The van der Waals surface area contributed by atoms with E-state index in [-0.39, 0.29) is 38.7 Å². The van der Waals surface area contributed by atoms with Gasteiger partial charge in [-0.3, -0.25) is 4.79 Å². The molecule has 2 rings (SSSR count). The minimum atomic E-state index is -3.67. The van der Waals surface area contributed by atoms with Crippen molar-refractivity contribution < 1.29 is 22.0 Å². The molecule has 26 heavy (non-hydrogen) atoms. The molecule has 0 saturated carbocycles. The molecular formula is C16H13Cl2F2NO3S2. The van der Waals surface area contributed by atoms with E-state index in [0.29, 0.717) is 5.02 Å². The fourth-order valence-electron chi connectivity index (χ4n) is 2.02. The summed E-state index contributed by atoms with van der Waals surface area (Å²) in [5.74, 6) is -3.77. The van der Waals surface area contributed by atoms with Crippen LogP contribution in [0, 0.1) is 0 Å². The van der Waals surface area contributed by atoms with Gasteiger partial charge in [-0.15, -0.1) is 0 Å². The second-order valence-electron chi connectivity index (χ2n) is 5.07. The Labute approximate surface area is 163 Å². The lowest BCUT2D eigenvalue weighted by Crippen LogP contribution is -2.18. The first-order valence-corrected chi connectivity index (χ1v) is 10.5. The van der Waals surface area contributed by atoms with Crippen LogP contribution in [0.15, 0.2) is 52.3 Å². The summed E-state index contributed by atoms with van der Waals surface area (Å²) in [5.41, 5.74) is 0.108. The van der Waals surface area contributed by atoms with Crippen molar-refractivity contribution >= 4 is 56.4 Å². The Balaban J connectivity index is 2.05. The lowest BCUT2D eigenvalue weighted by molar-refractivity contribution is -0.115. The Hall–Kier alpha value is -1.35. The van der Waals surface area contributed by atoms with E-state index in [0.717, 1.165) is 0 Å². The molecule has 0 saturated heterocycles. The molecule has 1 N–H and O–H groups in total. The lowest BCUT2D eigenvalue weighted by atomic mass is 10.3. The highest BCUT2D eigenvalue weighted by Gasteiger charge is 2.19. The summed E-state index contributed by atoms with van der Waals surface area (Å²) in [6.45, 7) is 0. The van der Waals surface area contributed by atoms with Gasteiger partial charge in [-0.1, -0.05) is 41.0 Å². The Bertz CT molecular complexity index is 891. The number of benzene rings is 2. The molecule has 0 fully saturated rings. The van der Waals surface area contributed by atoms with Gasteiger partial charge in [0.15, 0.2) is 9.84 Å². The van der Waals surface area contributed by atoms with Crippen LogP contribution >= 0.6 is 35.0 Å². The van der Waals surface area contributed by atoms with E-state index in [1.807, 2.05) is 0 Å². The molecule has 0 radical (unpaired) electrons. The van der Waals surface area contributed by atoms with E-state index in [1.54, 1.807) is 0 Å². The largest absolute Gasteiger partial charge is 0.325 e. The summed E-state index contributed by atoms with van der Waals surface area (Å²) in [6.07, 6.45) is -0.337. The average molecular weight is 440 g/mol. The van der Waals surface area contributed by atoms with Crippen LogP contribution in [0.4, 0.5) is 14.5 Å². The van der Waals surface area contributed by atoms with Gasteiger partial charge in [-0.05, 0) is 36.4 Å². The van der Waals surface area contributed by atoms with Crippen LogP contribution in [0.5, 0.6) is 0 Å². The van der Waals surface area contributed by atoms with Gasteiger partial charge in [0.05, 0.1) is 26.3 Å². The SMILES string of the molecule is O=C(CCS(=O)(=O)c1ccc(Cl)cc1)Nc1cccc(Cl)c1SC(F)F. The number of rotatable bonds is 7. The molecule has 140 valence electrons. The van der Waals surface area contributed by atoms with Gasteiger partial charge in [0, 0.05) is 11.4 Å². The summed E-state index contributed by atoms with van der Waals surface area (Å²) in [4.78, 5) is 12.1. The zero-order chi connectivity index (χ0) is 19.3. The highest BCUT2D eigenvalue weighted by Crippen LogP contribution is 2.37. The number of anilines is 1. The molecule has 0 heterocycles. The summed E-state index contributed by atoms with van der Waals surface area (Å²) in [7, 11) is -3.67. The number of alkyl halides is 2. The molecule has 2 aromatic carbocycles. The van der Waals surface area contributed by atoms with Crippen molar-refractivity contribution in [2.75, 3.05) is 11.1 Å². The monoisotopic (exact) mass is 439 g/mol. The lowest BCUT2D eigenvalue weighted by Gasteiger charge is -2.12. The number of carbonyl (C=O) groups excluding carboxylic acids is 1. The van der Waals surface area contributed by atoms with E-state index in [4.69, 9.17) is 23.2 Å². The van der Waals surface area contributed by atoms with Crippen LogP contribution in [0.3, 0.4) is 0 Å². The molecule has 0 unspecified atom stereocenters. The van der Waals surface area contributed by atoms with Gasteiger partial charge in [0.2, 0.25) is 5.91 Å². The van der Waals surface area contributed by atoms with E-state index >= 15 is 0 Å². The first-order chi connectivity index (χ1) is 12.2. The first kappa shape index (κ1) is 21.0. The number of halogens is 4. The molecule has 2 aromatic rings.